The lowest BCUT2D eigenvalue weighted by atomic mass is 10.1. The molecule has 0 saturated heterocycles. The van der Waals surface area contributed by atoms with Gasteiger partial charge < -0.3 is 4.74 Å². The third kappa shape index (κ3) is 3.61. The van der Waals surface area contributed by atoms with Crippen LogP contribution in [0.3, 0.4) is 0 Å². The Kier molecular flexibility index (Phi) is 5.12. The minimum atomic E-state index is -0.164. The van der Waals surface area contributed by atoms with Gasteiger partial charge in [0.2, 0.25) is 5.13 Å². The number of hydrogen-bond donors (Lipinski definition) is 1. The molecule has 0 unspecified atom stereocenters. The smallest absolute Gasteiger partial charge is 0.280 e. The van der Waals surface area contributed by atoms with E-state index in [1.54, 1.807) is 18.0 Å². The van der Waals surface area contributed by atoms with E-state index >= 15 is 0 Å². The number of methoxy groups -OCH3 is 1. The summed E-state index contributed by atoms with van der Waals surface area (Å²) >= 11 is 1.36. The molecule has 0 saturated carbocycles. The van der Waals surface area contributed by atoms with E-state index in [0.29, 0.717) is 10.7 Å². The lowest BCUT2D eigenvalue weighted by Gasteiger charge is -2.06. The maximum Gasteiger partial charge on any atom is 0.280 e. The van der Waals surface area contributed by atoms with Crippen LogP contribution in [-0.2, 0) is 0 Å². The molecule has 7 nitrogen and oxygen atoms in total. The summed E-state index contributed by atoms with van der Waals surface area (Å²) in [5.41, 5.74) is 2.78. The molecule has 8 heteroatoms. The van der Waals surface area contributed by atoms with Gasteiger partial charge in [0.15, 0.2) is 0 Å². The Hall–Kier alpha value is -4.04. The second-order valence-electron chi connectivity index (χ2n) is 7.17. The Morgan fingerprint density at radius 2 is 1.81 bits per heavy atom. The van der Waals surface area contributed by atoms with Gasteiger partial charge in [-0.15, -0.1) is 10.2 Å². The highest BCUT2D eigenvalue weighted by Gasteiger charge is 2.13. The van der Waals surface area contributed by atoms with Crippen molar-refractivity contribution >= 4 is 33.5 Å². The molecule has 32 heavy (non-hydrogen) atoms. The quantitative estimate of drug-likeness (QED) is 0.393. The number of rotatable bonds is 5. The second-order valence-corrected chi connectivity index (χ2v) is 8.12. The molecule has 2 aromatic heterocycles. The molecule has 0 amide bonds. The van der Waals surface area contributed by atoms with Crippen molar-refractivity contribution in [2.75, 3.05) is 7.11 Å². The Bertz CT molecular complexity index is 1490. The van der Waals surface area contributed by atoms with Crippen LogP contribution in [-0.4, -0.2) is 33.3 Å². The van der Waals surface area contributed by atoms with Gasteiger partial charge >= 0.3 is 0 Å². The van der Waals surface area contributed by atoms with E-state index in [1.807, 2.05) is 73.7 Å². The van der Waals surface area contributed by atoms with Crippen molar-refractivity contribution in [3.05, 3.63) is 88.3 Å². The maximum atomic E-state index is 13.1. The topological polar surface area (TPSA) is 85.2 Å². The first-order valence-electron chi connectivity index (χ1n) is 9.96. The highest BCUT2D eigenvalue weighted by molar-refractivity contribution is 7.18. The van der Waals surface area contributed by atoms with Crippen LogP contribution in [0.4, 0.5) is 5.13 Å². The molecule has 2 heterocycles. The summed E-state index contributed by atoms with van der Waals surface area (Å²) in [6, 6.07) is 21.5. The predicted octanol–water partition coefficient (Wildman–Crippen LogP) is 4.90. The molecule has 3 aromatic carbocycles. The summed E-state index contributed by atoms with van der Waals surface area (Å²) in [5.74, 6) is 0.780. The van der Waals surface area contributed by atoms with Crippen molar-refractivity contribution in [2.45, 2.75) is 6.92 Å². The van der Waals surface area contributed by atoms with Gasteiger partial charge in [0.25, 0.3) is 5.56 Å². The molecule has 5 aromatic rings. The maximum absolute atomic E-state index is 13.1. The molecule has 0 radical (unpaired) electrons. The summed E-state index contributed by atoms with van der Waals surface area (Å²) in [7, 11) is 1.63. The molecule has 1 N–H and O–H groups in total. The number of benzene rings is 3. The highest BCUT2D eigenvalue weighted by atomic mass is 32.1. The van der Waals surface area contributed by atoms with Crippen LogP contribution >= 0.6 is 11.3 Å². The Morgan fingerprint density at radius 1 is 1.03 bits per heavy atom. The first-order chi connectivity index (χ1) is 15.6. The van der Waals surface area contributed by atoms with E-state index in [-0.39, 0.29) is 5.56 Å². The van der Waals surface area contributed by atoms with Crippen LogP contribution in [0.25, 0.3) is 27.0 Å². The summed E-state index contributed by atoms with van der Waals surface area (Å²) in [5, 5.41) is 14.8. The SMILES string of the molecule is COc1ccc(-c2nnc(/N=C/c3c(C)[nH]n(-c4cccc5ccccc45)c3=O)s2)cc1. The fraction of sp³-hybridized carbons (Fsp3) is 0.0833. The van der Waals surface area contributed by atoms with E-state index in [0.717, 1.165) is 38.5 Å². The number of aromatic nitrogens is 4. The van der Waals surface area contributed by atoms with E-state index in [4.69, 9.17) is 4.74 Å². The van der Waals surface area contributed by atoms with Gasteiger partial charge in [-0.1, -0.05) is 47.7 Å². The number of fused-ring (bicyclic) bond motifs is 1. The minimum absolute atomic E-state index is 0.164. The van der Waals surface area contributed by atoms with Gasteiger partial charge in [-0.05, 0) is 42.6 Å². The molecule has 158 valence electrons. The predicted molar refractivity (Wildman–Crippen MR) is 128 cm³/mol. The fourth-order valence-corrected chi connectivity index (χ4v) is 4.22. The van der Waals surface area contributed by atoms with Crippen LogP contribution < -0.4 is 10.3 Å². The normalized spacial score (nSPS) is 11.4. The van der Waals surface area contributed by atoms with Crippen LogP contribution in [0.15, 0.2) is 76.5 Å². The van der Waals surface area contributed by atoms with Crippen LogP contribution in [0, 0.1) is 6.92 Å². The standard InChI is InChI=1S/C24H19N5O2S/c1-15-20(14-25-24-27-26-22(32-24)17-10-12-18(31-2)13-11-17)23(30)29(28-15)21-9-5-7-16-6-3-4-8-19(16)21/h3-14,28H,1-2H3/b25-14+. The van der Waals surface area contributed by atoms with Crippen molar-refractivity contribution in [2.24, 2.45) is 4.99 Å². The number of hydrogen-bond acceptors (Lipinski definition) is 6. The average molecular weight is 442 g/mol. The molecular weight excluding hydrogens is 422 g/mol. The number of aliphatic imine (C=N–C) groups is 1. The van der Waals surface area contributed by atoms with Crippen LogP contribution in [0.5, 0.6) is 5.75 Å². The van der Waals surface area contributed by atoms with Gasteiger partial charge in [-0.25, -0.2) is 9.67 Å². The monoisotopic (exact) mass is 441 g/mol. The van der Waals surface area contributed by atoms with Crippen molar-refractivity contribution < 1.29 is 4.74 Å². The van der Waals surface area contributed by atoms with E-state index in [2.05, 4.69) is 20.3 Å². The molecular formula is C24H19N5O2S. The van der Waals surface area contributed by atoms with Gasteiger partial charge in [0.1, 0.15) is 10.8 Å². The van der Waals surface area contributed by atoms with Crippen LogP contribution in [0.2, 0.25) is 0 Å². The highest BCUT2D eigenvalue weighted by Crippen LogP contribution is 2.29. The van der Waals surface area contributed by atoms with Crippen molar-refractivity contribution in [3.63, 3.8) is 0 Å². The van der Waals surface area contributed by atoms with Crippen molar-refractivity contribution in [1.82, 2.24) is 20.0 Å². The largest absolute Gasteiger partial charge is 0.497 e. The lowest BCUT2D eigenvalue weighted by molar-refractivity contribution is 0.415. The molecule has 0 spiro atoms. The number of aromatic amines is 1. The van der Waals surface area contributed by atoms with Crippen molar-refractivity contribution in [1.29, 1.82) is 0 Å². The van der Waals surface area contributed by atoms with E-state index < -0.39 is 0 Å². The van der Waals surface area contributed by atoms with Gasteiger partial charge in [-0.3, -0.25) is 9.89 Å². The zero-order valence-corrected chi connectivity index (χ0v) is 18.3. The van der Waals surface area contributed by atoms with E-state index in [1.165, 1.54) is 11.3 Å². The molecule has 0 aliphatic carbocycles. The lowest BCUT2D eigenvalue weighted by Crippen LogP contribution is -2.17. The first-order valence-corrected chi connectivity index (χ1v) is 10.8. The number of ether oxygens (including phenoxy) is 1. The Labute approximate surface area is 187 Å². The zero-order chi connectivity index (χ0) is 22.1. The van der Waals surface area contributed by atoms with Crippen molar-refractivity contribution in [3.8, 4) is 22.0 Å². The van der Waals surface area contributed by atoms with Gasteiger partial charge in [0, 0.05) is 22.9 Å². The second kappa shape index (κ2) is 8.24. The minimum Gasteiger partial charge on any atom is -0.497 e. The third-order valence-corrected chi connectivity index (χ3v) is 6.06. The number of nitrogens with one attached hydrogen (secondary N) is 1. The number of nitrogens with zero attached hydrogens (tertiary/aromatic N) is 4. The fourth-order valence-electron chi connectivity index (χ4n) is 3.52. The number of H-pyrrole nitrogens is 1. The number of aryl methyl sites for hydroxylation is 1. The van der Waals surface area contributed by atoms with E-state index in [9.17, 15) is 4.79 Å². The summed E-state index contributed by atoms with van der Waals surface area (Å²) in [4.78, 5) is 17.5. The molecule has 0 bridgehead atoms. The first kappa shape index (κ1) is 19.9. The summed E-state index contributed by atoms with van der Waals surface area (Å²) in [6.45, 7) is 1.85. The molecule has 0 aliphatic rings. The third-order valence-electron chi connectivity index (χ3n) is 5.18. The van der Waals surface area contributed by atoms with Crippen LogP contribution in [0.1, 0.15) is 11.3 Å². The zero-order valence-electron chi connectivity index (χ0n) is 17.4. The summed E-state index contributed by atoms with van der Waals surface area (Å²) < 4.78 is 6.74. The molecule has 0 aliphatic heterocycles. The molecule has 0 fully saturated rings. The Balaban J connectivity index is 1.46. The Morgan fingerprint density at radius 3 is 2.62 bits per heavy atom. The van der Waals surface area contributed by atoms with Gasteiger partial charge in [0.05, 0.1) is 18.4 Å². The average Bonchev–Trinajstić information content (AvgIpc) is 3.41. The molecule has 5 rings (SSSR count). The summed E-state index contributed by atoms with van der Waals surface area (Å²) in [6.07, 6.45) is 1.55. The van der Waals surface area contributed by atoms with Gasteiger partial charge in [-0.2, -0.15) is 0 Å². The molecule has 0 atom stereocenters.